The molecule has 2 aromatic rings. The molecule has 0 aliphatic heterocycles. The summed E-state index contributed by atoms with van der Waals surface area (Å²) in [5.74, 6) is -0.912. The van der Waals surface area contributed by atoms with E-state index in [2.05, 4.69) is 10.4 Å². The normalized spacial score (nSPS) is 11.7. The molecule has 0 amide bonds. The van der Waals surface area contributed by atoms with Crippen LogP contribution in [0.4, 0.5) is 23.2 Å². The molecule has 2 rings (SSSR count). The van der Waals surface area contributed by atoms with Gasteiger partial charge >= 0.3 is 6.18 Å². The Hall–Kier alpha value is -2.05. The van der Waals surface area contributed by atoms with Crippen LogP contribution in [0.1, 0.15) is 11.3 Å². The lowest BCUT2D eigenvalue weighted by atomic mass is 10.2. The fraction of sp³-hybridized carbons (Fsp3) is 0.308. The van der Waals surface area contributed by atoms with Crippen LogP contribution < -0.4 is 5.32 Å². The summed E-state index contributed by atoms with van der Waals surface area (Å²) in [6, 6.07) is 4.27. The van der Waals surface area contributed by atoms with Crippen LogP contribution in [0.2, 0.25) is 0 Å². The molecule has 0 bridgehead atoms. The fourth-order valence-electron chi connectivity index (χ4n) is 1.81. The lowest BCUT2D eigenvalue weighted by Gasteiger charge is -2.11. The maximum Gasteiger partial charge on any atom is 0.416 e. The monoisotopic (exact) mass is 287 g/mol. The summed E-state index contributed by atoms with van der Waals surface area (Å²) in [6.07, 6.45) is -2.29. The zero-order valence-electron chi connectivity index (χ0n) is 10.7. The van der Waals surface area contributed by atoms with Gasteiger partial charge in [-0.05, 0) is 24.3 Å². The molecule has 0 unspecified atom stereocenters. The molecule has 0 saturated carbocycles. The van der Waals surface area contributed by atoms with Gasteiger partial charge in [-0.25, -0.2) is 4.39 Å². The number of aromatic nitrogens is 2. The second-order valence-electron chi connectivity index (χ2n) is 4.32. The molecule has 0 radical (unpaired) electrons. The number of nitrogens with one attached hydrogen (secondary N) is 1. The minimum Gasteiger partial charge on any atom is -0.382 e. The van der Waals surface area contributed by atoms with Crippen molar-refractivity contribution in [1.29, 1.82) is 0 Å². The Morgan fingerprint density at radius 3 is 2.55 bits per heavy atom. The van der Waals surface area contributed by atoms with Gasteiger partial charge in [-0.2, -0.15) is 18.3 Å². The summed E-state index contributed by atoms with van der Waals surface area (Å²) in [4.78, 5) is 0. The van der Waals surface area contributed by atoms with Gasteiger partial charge in [0.25, 0.3) is 0 Å². The lowest BCUT2D eigenvalue weighted by molar-refractivity contribution is -0.137. The minimum atomic E-state index is -4.53. The second kappa shape index (κ2) is 5.52. The van der Waals surface area contributed by atoms with Gasteiger partial charge in [-0.1, -0.05) is 0 Å². The van der Waals surface area contributed by atoms with E-state index in [0.717, 1.165) is 17.8 Å². The van der Waals surface area contributed by atoms with Crippen LogP contribution in [0.25, 0.3) is 0 Å². The zero-order valence-corrected chi connectivity index (χ0v) is 10.7. The average Bonchev–Trinajstić information content (AvgIpc) is 2.76. The molecule has 0 spiro atoms. The molecule has 0 atom stereocenters. The van der Waals surface area contributed by atoms with E-state index in [1.165, 1.54) is 0 Å². The van der Waals surface area contributed by atoms with E-state index in [0.29, 0.717) is 19.0 Å². The van der Waals surface area contributed by atoms with Gasteiger partial charge in [0.05, 0.1) is 11.3 Å². The first-order valence-corrected chi connectivity index (χ1v) is 5.95. The highest BCUT2D eigenvalue weighted by atomic mass is 19.4. The van der Waals surface area contributed by atoms with E-state index in [-0.39, 0.29) is 5.69 Å². The molecule has 3 nitrogen and oxygen atoms in total. The zero-order chi connectivity index (χ0) is 14.8. The predicted octanol–water partition coefficient (Wildman–Crippen LogP) is 3.23. The number of aryl methyl sites for hydroxylation is 1. The quantitative estimate of drug-likeness (QED) is 0.875. The summed E-state index contributed by atoms with van der Waals surface area (Å²) in [6.45, 7) is 0.405. The standard InChI is InChI=1S/C13H13F4N3/c1-20-10(5-7-19-20)4-6-18-12-3-2-9(8-11(12)14)13(15,16)17/h2-3,5,7-8,18H,4,6H2,1H3. The third-order valence-electron chi connectivity index (χ3n) is 2.92. The number of benzene rings is 1. The van der Waals surface area contributed by atoms with Gasteiger partial charge in [-0.15, -0.1) is 0 Å². The largest absolute Gasteiger partial charge is 0.416 e. The molecule has 1 aromatic carbocycles. The number of alkyl halides is 3. The molecule has 0 saturated heterocycles. The molecule has 20 heavy (non-hydrogen) atoms. The van der Waals surface area contributed by atoms with Gasteiger partial charge in [-0.3, -0.25) is 4.68 Å². The molecule has 7 heteroatoms. The summed E-state index contributed by atoms with van der Waals surface area (Å²) >= 11 is 0. The number of rotatable bonds is 4. The highest BCUT2D eigenvalue weighted by molar-refractivity contribution is 5.46. The van der Waals surface area contributed by atoms with Gasteiger partial charge in [0.1, 0.15) is 5.82 Å². The Kier molecular flexibility index (Phi) is 3.96. The molecule has 0 fully saturated rings. The van der Waals surface area contributed by atoms with E-state index in [1.807, 2.05) is 6.07 Å². The number of halogens is 4. The Balaban J connectivity index is 1.98. The Morgan fingerprint density at radius 1 is 1.25 bits per heavy atom. The molecule has 1 heterocycles. The smallest absolute Gasteiger partial charge is 0.382 e. The first-order valence-electron chi connectivity index (χ1n) is 5.95. The maximum atomic E-state index is 13.5. The summed E-state index contributed by atoms with van der Waals surface area (Å²) in [7, 11) is 1.79. The van der Waals surface area contributed by atoms with Crippen LogP contribution >= 0.6 is 0 Å². The second-order valence-corrected chi connectivity index (χ2v) is 4.32. The number of anilines is 1. The Bertz CT molecular complexity index is 590. The van der Waals surface area contributed by atoms with Crippen LogP contribution in [0.15, 0.2) is 30.5 Å². The maximum absolute atomic E-state index is 13.5. The Morgan fingerprint density at radius 2 is 2.00 bits per heavy atom. The molecule has 0 aliphatic rings. The van der Waals surface area contributed by atoms with Crippen LogP contribution in [0.3, 0.4) is 0 Å². The topological polar surface area (TPSA) is 29.9 Å². The van der Waals surface area contributed by atoms with Crippen molar-refractivity contribution in [3.05, 3.63) is 47.5 Å². The van der Waals surface area contributed by atoms with Crippen molar-refractivity contribution in [1.82, 2.24) is 9.78 Å². The van der Waals surface area contributed by atoms with Gasteiger partial charge in [0, 0.05) is 31.9 Å². The third-order valence-corrected chi connectivity index (χ3v) is 2.92. The summed E-state index contributed by atoms with van der Waals surface area (Å²) in [5, 5.41) is 6.76. The van der Waals surface area contributed by atoms with E-state index in [4.69, 9.17) is 0 Å². The van der Waals surface area contributed by atoms with Crippen molar-refractivity contribution in [3.63, 3.8) is 0 Å². The number of hydrogen-bond donors (Lipinski definition) is 1. The van der Waals surface area contributed by atoms with Gasteiger partial charge in [0.15, 0.2) is 0 Å². The van der Waals surface area contributed by atoms with Crippen molar-refractivity contribution >= 4 is 5.69 Å². The minimum absolute atomic E-state index is 0.0557. The van der Waals surface area contributed by atoms with Gasteiger partial charge in [0.2, 0.25) is 0 Å². The summed E-state index contributed by atoms with van der Waals surface area (Å²) < 4.78 is 52.4. The van der Waals surface area contributed by atoms with Crippen molar-refractivity contribution in [2.45, 2.75) is 12.6 Å². The average molecular weight is 287 g/mol. The van der Waals surface area contributed by atoms with Crippen LogP contribution in [0, 0.1) is 5.82 Å². The van der Waals surface area contributed by atoms with Crippen molar-refractivity contribution < 1.29 is 17.6 Å². The van der Waals surface area contributed by atoms with E-state index >= 15 is 0 Å². The molecule has 1 N–H and O–H groups in total. The first kappa shape index (κ1) is 14.4. The fourth-order valence-corrected chi connectivity index (χ4v) is 1.81. The van der Waals surface area contributed by atoms with Crippen LogP contribution in [-0.4, -0.2) is 16.3 Å². The summed E-state index contributed by atoms with van der Waals surface area (Å²) in [5.41, 5.74) is 0.0113. The SMILES string of the molecule is Cn1nccc1CCNc1ccc(C(F)(F)F)cc1F. The van der Waals surface area contributed by atoms with E-state index in [9.17, 15) is 17.6 Å². The highest BCUT2D eigenvalue weighted by Gasteiger charge is 2.31. The molecular weight excluding hydrogens is 274 g/mol. The molecular formula is C13H13F4N3. The molecule has 1 aromatic heterocycles. The highest BCUT2D eigenvalue weighted by Crippen LogP contribution is 2.31. The molecule has 0 aliphatic carbocycles. The predicted molar refractivity (Wildman–Crippen MR) is 66.8 cm³/mol. The van der Waals surface area contributed by atoms with Gasteiger partial charge < -0.3 is 5.32 Å². The lowest BCUT2D eigenvalue weighted by Crippen LogP contribution is -2.10. The Labute approximate surface area is 113 Å². The first-order chi connectivity index (χ1) is 9.38. The van der Waals surface area contributed by atoms with Crippen LogP contribution in [0.5, 0.6) is 0 Å². The van der Waals surface area contributed by atoms with Crippen LogP contribution in [-0.2, 0) is 19.6 Å². The van der Waals surface area contributed by atoms with E-state index in [1.54, 1.807) is 17.9 Å². The van der Waals surface area contributed by atoms with Crippen molar-refractivity contribution in [2.75, 3.05) is 11.9 Å². The number of hydrogen-bond acceptors (Lipinski definition) is 2. The van der Waals surface area contributed by atoms with Crippen molar-refractivity contribution in [3.8, 4) is 0 Å². The molecule has 108 valence electrons. The van der Waals surface area contributed by atoms with Crippen molar-refractivity contribution in [2.24, 2.45) is 7.05 Å². The third kappa shape index (κ3) is 3.28. The number of nitrogens with zero attached hydrogens (tertiary/aromatic N) is 2. The van der Waals surface area contributed by atoms with E-state index < -0.39 is 17.6 Å².